The fraction of sp³-hybridized carbons (Fsp3) is 0.355. The standard InChI is InChI=1S/C31H36BrN3O4S/c1-2-29(31(37)33-26-15-9-10-16-26)34(21-20-24-12-5-3-6-13-24)30(36)23-35(27-17-11-14-25(32)22-27)40(38,39)28-18-7-4-8-19-28/h3-8,11-14,17-19,22,26,29H,2,9-10,15-16,20-21,23H2,1H3,(H,33,37)/t29-/m0/s1. The molecule has 0 unspecified atom stereocenters. The minimum atomic E-state index is -4.07. The molecular weight excluding hydrogens is 590 g/mol. The van der Waals surface area contributed by atoms with Crippen molar-refractivity contribution in [2.45, 2.75) is 62.4 Å². The molecule has 1 aliphatic carbocycles. The molecular formula is C31H36BrN3O4S. The Kier molecular flexibility index (Phi) is 10.4. The van der Waals surface area contributed by atoms with E-state index < -0.39 is 28.5 Å². The van der Waals surface area contributed by atoms with Gasteiger partial charge in [0, 0.05) is 17.1 Å². The molecule has 40 heavy (non-hydrogen) atoms. The number of rotatable bonds is 12. The largest absolute Gasteiger partial charge is 0.352 e. The van der Waals surface area contributed by atoms with E-state index in [2.05, 4.69) is 21.2 Å². The van der Waals surface area contributed by atoms with E-state index in [-0.39, 0.29) is 23.4 Å². The molecule has 2 amide bonds. The van der Waals surface area contributed by atoms with Crippen LogP contribution in [0.25, 0.3) is 0 Å². The summed E-state index contributed by atoms with van der Waals surface area (Å²) in [5.41, 5.74) is 1.39. The molecule has 212 valence electrons. The van der Waals surface area contributed by atoms with E-state index in [0.717, 1.165) is 35.6 Å². The molecule has 3 aromatic rings. The normalized spacial score (nSPS) is 14.4. The zero-order chi connectivity index (χ0) is 28.5. The number of halogens is 1. The molecule has 0 heterocycles. The molecule has 0 radical (unpaired) electrons. The number of hydrogen-bond donors (Lipinski definition) is 1. The maximum Gasteiger partial charge on any atom is 0.264 e. The SMILES string of the molecule is CC[C@@H](C(=O)NC1CCCC1)N(CCc1ccccc1)C(=O)CN(c1cccc(Br)c1)S(=O)(=O)c1ccccc1. The summed E-state index contributed by atoms with van der Waals surface area (Å²) < 4.78 is 29.5. The van der Waals surface area contributed by atoms with Gasteiger partial charge in [0.15, 0.2) is 0 Å². The van der Waals surface area contributed by atoms with Crippen molar-refractivity contribution in [3.8, 4) is 0 Å². The summed E-state index contributed by atoms with van der Waals surface area (Å²) in [6.07, 6.45) is 5.00. The summed E-state index contributed by atoms with van der Waals surface area (Å²) in [5, 5.41) is 3.14. The highest BCUT2D eigenvalue weighted by atomic mass is 79.9. The number of sulfonamides is 1. The van der Waals surface area contributed by atoms with Crippen LogP contribution in [0, 0.1) is 0 Å². The summed E-state index contributed by atoms with van der Waals surface area (Å²) >= 11 is 3.42. The number of amides is 2. The Hall–Kier alpha value is -3.17. The first-order valence-electron chi connectivity index (χ1n) is 13.8. The number of nitrogens with zero attached hydrogens (tertiary/aromatic N) is 2. The van der Waals surface area contributed by atoms with Crippen molar-refractivity contribution in [2.24, 2.45) is 0 Å². The first kappa shape index (κ1) is 29.8. The van der Waals surface area contributed by atoms with Gasteiger partial charge >= 0.3 is 0 Å². The predicted octanol–water partition coefficient (Wildman–Crippen LogP) is 5.55. The van der Waals surface area contributed by atoms with Gasteiger partial charge in [0.2, 0.25) is 11.8 Å². The highest BCUT2D eigenvalue weighted by Crippen LogP contribution is 2.27. The van der Waals surface area contributed by atoms with Crippen molar-refractivity contribution in [1.29, 1.82) is 0 Å². The van der Waals surface area contributed by atoms with Gasteiger partial charge in [-0.2, -0.15) is 0 Å². The van der Waals surface area contributed by atoms with Gasteiger partial charge in [0.25, 0.3) is 10.0 Å². The predicted molar refractivity (Wildman–Crippen MR) is 161 cm³/mol. The van der Waals surface area contributed by atoms with Crippen LogP contribution in [0.5, 0.6) is 0 Å². The number of hydrogen-bond acceptors (Lipinski definition) is 4. The van der Waals surface area contributed by atoms with E-state index in [1.807, 2.05) is 37.3 Å². The monoisotopic (exact) mass is 625 g/mol. The van der Waals surface area contributed by atoms with E-state index in [9.17, 15) is 18.0 Å². The maximum absolute atomic E-state index is 14.1. The molecule has 9 heteroatoms. The number of nitrogens with one attached hydrogen (secondary N) is 1. The summed E-state index contributed by atoms with van der Waals surface area (Å²) in [7, 11) is -4.07. The lowest BCUT2D eigenvalue weighted by molar-refractivity contribution is -0.139. The summed E-state index contributed by atoms with van der Waals surface area (Å²) in [4.78, 5) is 29.2. The minimum absolute atomic E-state index is 0.0876. The van der Waals surface area contributed by atoms with Gasteiger partial charge < -0.3 is 10.2 Å². The summed E-state index contributed by atoms with van der Waals surface area (Å²) in [6.45, 7) is 1.74. The van der Waals surface area contributed by atoms with Crippen molar-refractivity contribution in [1.82, 2.24) is 10.2 Å². The molecule has 4 rings (SSSR count). The maximum atomic E-state index is 14.1. The van der Waals surface area contributed by atoms with Crippen molar-refractivity contribution < 1.29 is 18.0 Å². The van der Waals surface area contributed by atoms with Crippen LogP contribution in [-0.2, 0) is 26.0 Å². The van der Waals surface area contributed by atoms with Gasteiger partial charge in [0.1, 0.15) is 12.6 Å². The van der Waals surface area contributed by atoms with Crippen LogP contribution in [0.15, 0.2) is 94.3 Å². The summed E-state index contributed by atoms with van der Waals surface area (Å²) in [5.74, 6) is -0.612. The molecule has 1 fully saturated rings. The van der Waals surface area contributed by atoms with Crippen molar-refractivity contribution >= 4 is 43.5 Å². The summed E-state index contributed by atoms with van der Waals surface area (Å²) in [6, 6.07) is 24.1. The Morgan fingerprint density at radius 3 is 2.23 bits per heavy atom. The van der Waals surface area contributed by atoms with Crippen LogP contribution in [0.3, 0.4) is 0 Å². The second-order valence-corrected chi connectivity index (χ2v) is 12.8. The number of carbonyl (C=O) groups is 2. The minimum Gasteiger partial charge on any atom is -0.352 e. The van der Waals surface area contributed by atoms with Gasteiger partial charge in [-0.15, -0.1) is 0 Å². The van der Waals surface area contributed by atoms with Crippen LogP contribution < -0.4 is 9.62 Å². The Labute approximate surface area is 245 Å². The lowest BCUT2D eigenvalue weighted by Crippen LogP contribution is -2.54. The van der Waals surface area contributed by atoms with Gasteiger partial charge in [-0.3, -0.25) is 13.9 Å². The average molecular weight is 627 g/mol. The molecule has 0 bridgehead atoms. The lowest BCUT2D eigenvalue weighted by atomic mass is 10.1. The van der Waals surface area contributed by atoms with Crippen molar-refractivity contribution in [3.05, 3.63) is 95.0 Å². The van der Waals surface area contributed by atoms with E-state index >= 15 is 0 Å². The lowest BCUT2D eigenvalue weighted by Gasteiger charge is -2.33. The third-order valence-corrected chi connectivity index (χ3v) is 9.56. The Morgan fingerprint density at radius 2 is 1.60 bits per heavy atom. The van der Waals surface area contributed by atoms with Crippen LogP contribution in [-0.4, -0.2) is 50.3 Å². The number of benzene rings is 3. The Balaban J connectivity index is 1.66. The Morgan fingerprint density at radius 1 is 0.950 bits per heavy atom. The average Bonchev–Trinajstić information content (AvgIpc) is 3.47. The van der Waals surface area contributed by atoms with E-state index in [0.29, 0.717) is 23.0 Å². The fourth-order valence-electron chi connectivity index (χ4n) is 5.14. The molecule has 0 aliphatic heterocycles. The molecule has 1 aliphatic rings. The van der Waals surface area contributed by atoms with Crippen LogP contribution >= 0.6 is 15.9 Å². The van der Waals surface area contributed by atoms with Gasteiger partial charge in [-0.25, -0.2) is 8.42 Å². The first-order chi connectivity index (χ1) is 19.3. The zero-order valence-corrected chi connectivity index (χ0v) is 25.1. The highest BCUT2D eigenvalue weighted by Gasteiger charge is 2.34. The fourth-order valence-corrected chi connectivity index (χ4v) is 6.96. The molecule has 0 spiro atoms. The van der Waals surface area contributed by atoms with Crippen molar-refractivity contribution in [2.75, 3.05) is 17.4 Å². The molecule has 1 saturated carbocycles. The second kappa shape index (κ2) is 13.9. The molecule has 1 atom stereocenters. The van der Waals surface area contributed by atoms with E-state index in [4.69, 9.17) is 0 Å². The van der Waals surface area contributed by atoms with E-state index in [1.54, 1.807) is 47.4 Å². The van der Waals surface area contributed by atoms with Gasteiger partial charge in [-0.1, -0.05) is 90.3 Å². The third kappa shape index (κ3) is 7.52. The van der Waals surface area contributed by atoms with Crippen LogP contribution in [0.2, 0.25) is 0 Å². The number of anilines is 1. The quantitative estimate of drug-likeness (QED) is 0.286. The smallest absolute Gasteiger partial charge is 0.264 e. The van der Waals surface area contributed by atoms with Crippen LogP contribution in [0.1, 0.15) is 44.6 Å². The molecule has 0 saturated heterocycles. The Bertz CT molecular complexity index is 1380. The molecule has 0 aromatic heterocycles. The molecule has 7 nitrogen and oxygen atoms in total. The van der Waals surface area contributed by atoms with Gasteiger partial charge in [-0.05, 0) is 61.6 Å². The third-order valence-electron chi connectivity index (χ3n) is 7.28. The van der Waals surface area contributed by atoms with E-state index in [1.165, 1.54) is 12.1 Å². The zero-order valence-electron chi connectivity index (χ0n) is 22.7. The van der Waals surface area contributed by atoms with Crippen molar-refractivity contribution in [3.63, 3.8) is 0 Å². The second-order valence-electron chi connectivity index (χ2n) is 10.0. The highest BCUT2D eigenvalue weighted by molar-refractivity contribution is 9.10. The van der Waals surface area contributed by atoms with Gasteiger partial charge in [0.05, 0.1) is 10.6 Å². The first-order valence-corrected chi connectivity index (χ1v) is 16.0. The molecule has 3 aromatic carbocycles. The van der Waals surface area contributed by atoms with Crippen LogP contribution in [0.4, 0.5) is 5.69 Å². The number of carbonyl (C=O) groups excluding carboxylic acids is 2. The topological polar surface area (TPSA) is 86.8 Å². The molecule has 1 N–H and O–H groups in total.